The lowest BCUT2D eigenvalue weighted by Crippen LogP contribution is -2.38. The van der Waals surface area contributed by atoms with Crippen LogP contribution in [0.3, 0.4) is 0 Å². The third kappa shape index (κ3) is 5.71. The van der Waals surface area contributed by atoms with Crippen molar-refractivity contribution in [3.63, 3.8) is 0 Å². The number of aromatic nitrogens is 3. The SMILES string of the molecule is CCOC(=O)C(CC1CC1)NCc1ccc2c(c1)nc(-c1c[nH]c(=O)c(C)c1)n2CC1CCOCC1. The fraction of sp³-hybridized carbons (Fsp3) is 0.536. The minimum Gasteiger partial charge on any atom is -0.465 e. The maximum absolute atomic E-state index is 12.5. The summed E-state index contributed by atoms with van der Waals surface area (Å²) in [7, 11) is 0. The van der Waals surface area contributed by atoms with Gasteiger partial charge in [0.05, 0.1) is 17.6 Å². The van der Waals surface area contributed by atoms with Gasteiger partial charge in [0.15, 0.2) is 0 Å². The van der Waals surface area contributed by atoms with Crippen molar-refractivity contribution in [2.45, 2.75) is 65.1 Å². The van der Waals surface area contributed by atoms with Gasteiger partial charge in [-0.25, -0.2) is 4.98 Å². The van der Waals surface area contributed by atoms with E-state index in [-0.39, 0.29) is 17.6 Å². The van der Waals surface area contributed by atoms with E-state index < -0.39 is 0 Å². The molecule has 1 aliphatic carbocycles. The van der Waals surface area contributed by atoms with Gasteiger partial charge in [0.2, 0.25) is 0 Å². The molecule has 1 aromatic carbocycles. The third-order valence-electron chi connectivity index (χ3n) is 7.33. The molecule has 3 heterocycles. The van der Waals surface area contributed by atoms with Crippen LogP contribution in [0.1, 0.15) is 50.2 Å². The molecule has 8 nitrogen and oxygen atoms in total. The van der Waals surface area contributed by atoms with E-state index in [4.69, 9.17) is 14.5 Å². The number of nitrogens with zero attached hydrogens (tertiary/aromatic N) is 2. The quantitative estimate of drug-likeness (QED) is 0.416. The molecule has 0 spiro atoms. The van der Waals surface area contributed by atoms with E-state index in [0.717, 1.165) is 67.0 Å². The van der Waals surface area contributed by atoms with Crippen LogP contribution in [0.15, 0.2) is 35.3 Å². The predicted octanol–water partition coefficient (Wildman–Crippen LogP) is 3.95. The summed E-state index contributed by atoms with van der Waals surface area (Å²) in [5.41, 5.74) is 4.55. The molecule has 2 fully saturated rings. The summed E-state index contributed by atoms with van der Waals surface area (Å²) in [4.78, 5) is 32.3. The number of pyridine rings is 1. The number of hydrogen-bond acceptors (Lipinski definition) is 6. The number of carbonyl (C=O) groups is 1. The second-order valence-corrected chi connectivity index (χ2v) is 10.2. The molecule has 8 heteroatoms. The van der Waals surface area contributed by atoms with E-state index in [0.29, 0.717) is 30.6 Å². The minimum atomic E-state index is -0.279. The van der Waals surface area contributed by atoms with E-state index in [1.165, 1.54) is 12.8 Å². The van der Waals surface area contributed by atoms with Crippen molar-refractivity contribution in [3.8, 4) is 11.4 Å². The smallest absolute Gasteiger partial charge is 0.323 e. The first-order valence-corrected chi connectivity index (χ1v) is 13.2. The third-order valence-corrected chi connectivity index (χ3v) is 7.33. The van der Waals surface area contributed by atoms with E-state index in [2.05, 4.69) is 33.1 Å². The number of esters is 1. The normalized spacial score (nSPS) is 17.4. The largest absolute Gasteiger partial charge is 0.465 e. The number of fused-ring (bicyclic) bond motifs is 1. The van der Waals surface area contributed by atoms with Crippen molar-refractivity contribution < 1.29 is 14.3 Å². The van der Waals surface area contributed by atoms with E-state index in [1.807, 2.05) is 19.9 Å². The molecular weight excluding hydrogens is 456 g/mol. The van der Waals surface area contributed by atoms with Crippen LogP contribution in [-0.4, -0.2) is 46.4 Å². The number of ether oxygens (including phenoxy) is 2. The van der Waals surface area contributed by atoms with E-state index in [1.54, 1.807) is 6.20 Å². The highest BCUT2D eigenvalue weighted by Gasteiger charge is 2.30. The van der Waals surface area contributed by atoms with Crippen LogP contribution in [-0.2, 0) is 27.4 Å². The van der Waals surface area contributed by atoms with Crippen LogP contribution < -0.4 is 10.9 Å². The molecular formula is C28H36N4O4. The van der Waals surface area contributed by atoms with Gasteiger partial charge in [0, 0.05) is 43.6 Å². The number of hydrogen-bond donors (Lipinski definition) is 2. The number of H-pyrrole nitrogens is 1. The van der Waals surface area contributed by atoms with Crippen LogP contribution in [0.2, 0.25) is 0 Å². The highest BCUT2D eigenvalue weighted by molar-refractivity contribution is 5.81. The maximum atomic E-state index is 12.5. The standard InChI is InChI=1S/C28H36N4O4/c1-3-36-28(34)24(13-19-4-5-19)29-15-21-6-7-25-23(14-21)31-26(22-12-18(2)27(33)30-16-22)32(25)17-20-8-10-35-11-9-20/h6-7,12,14,16,19-20,24,29H,3-5,8-11,13,15,17H2,1-2H3,(H,30,33). The molecule has 0 radical (unpaired) electrons. The number of rotatable bonds is 10. The molecule has 0 bridgehead atoms. The van der Waals surface area contributed by atoms with Gasteiger partial charge in [-0.15, -0.1) is 0 Å². The van der Waals surface area contributed by atoms with Gasteiger partial charge >= 0.3 is 5.97 Å². The Bertz CT molecular complexity index is 1270. The number of carbonyl (C=O) groups excluding carboxylic acids is 1. The van der Waals surface area contributed by atoms with Crippen molar-refractivity contribution in [2.24, 2.45) is 11.8 Å². The first-order chi connectivity index (χ1) is 17.5. The molecule has 2 aromatic heterocycles. The Morgan fingerprint density at radius 1 is 1.22 bits per heavy atom. The molecule has 0 amide bonds. The van der Waals surface area contributed by atoms with Crippen LogP contribution in [0.5, 0.6) is 0 Å². The molecule has 1 saturated carbocycles. The summed E-state index contributed by atoms with van der Waals surface area (Å²) in [6, 6.07) is 7.97. The summed E-state index contributed by atoms with van der Waals surface area (Å²) in [5, 5.41) is 3.43. The number of aryl methyl sites for hydroxylation is 1. The Morgan fingerprint density at radius 2 is 2.03 bits per heavy atom. The monoisotopic (exact) mass is 492 g/mol. The van der Waals surface area contributed by atoms with Gasteiger partial charge < -0.3 is 24.3 Å². The average molecular weight is 493 g/mol. The van der Waals surface area contributed by atoms with Gasteiger partial charge in [0.1, 0.15) is 11.9 Å². The first kappa shape index (κ1) is 24.7. The number of nitrogens with one attached hydrogen (secondary N) is 2. The molecule has 1 atom stereocenters. The zero-order chi connectivity index (χ0) is 25.1. The Labute approximate surface area is 211 Å². The zero-order valence-corrected chi connectivity index (χ0v) is 21.2. The lowest BCUT2D eigenvalue weighted by atomic mass is 10.00. The summed E-state index contributed by atoms with van der Waals surface area (Å²) < 4.78 is 13.1. The first-order valence-electron chi connectivity index (χ1n) is 13.2. The van der Waals surface area contributed by atoms with Crippen molar-refractivity contribution in [1.29, 1.82) is 0 Å². The zero-order valence-electron chi connectivity index (χ0n) is 21.2. The fourth-order valence-electron chi connectivity index (χ4n) is 5.04. The van der Waals surface area contributed by atoms with Crippen molar-refractivity contribution in [3.05, 3.63) is 51.9 Å². The Morgan fingerprint density at radius 3 is 2.75 bits per heavy atom. The number of benzene rings is 1. The molecule has 5 rings (SSSR count). The molecule has 36 heavy (non-hydrogen) atoms. The lowest BCUT2D eigenvalue weighted by Gasteiger charge is -2.23. The van der Waals surface area contributed by atoms with Crippen molar-refractivity contribution in [1.82, 2.24) is 19.9 Å². The highest BCUT2D eigenvalue weighted by atomic mass is 16.5. The fourth-order valence-corrected chi connectivity index (χ4v) is 5.04. The summed E-state index contributed by atoms with van der Waals surface area (Å²) in [5.74, 6) is 1.84. The van der Waals surface area contributed by atoms with Crippen molar-refractivity contribution in [2.75, 3.05) is 19.8 Å². The summed E-state index contributed by atoms with van der Waals surface area (Å²) >= 11 is 0. The molecule has 2 aliphatic rings. The van der Waals surface area contributed by atoms with Gasteiger partial charge in [-0.05, 0) is 68.7 Å². The van der Waals surface area contributed by atoms with Crippen LogP contribution in [0, 0.1) is 18.8 Å². The minimum absolute atomic E-state index is 0.0819. The number of aromatic amines is 1. The summed E-state index contributed by atoms with van der Waals surface area (Å²) in [6.45, 7) is 7.08. The van der Waals surface area contributed by atoms with Gasteiger partial charge in [-0.3, -0.25) is 9.59 Å². The molecule has 1 aliphatic heterocycles. The molecule has 1 saturated heterocycles. The maximum Gasteiger partial charge on any atom is 0.323 e. The van der Waals surface area contributed by atoms with Crippen LogP contribution >= 0.6 is 0 Å². The highest BCUT2D eigenvalue weighted by Crippen LogP contribution is 2.34. The molecule has 2 N–H and O–H groups in total. The summed E-state index contributed by atoms with van der Waals surface area (Å²) in [6.07, 6.45) is 7.03. The van der Waals surface area contributed by atoms with Gasteiger partial charge in [-0.1, -0.05) is 18.9 Å². The van der Waals surface area contributed by atoms with Crippen molar-refractivity contribution >= 4 is 17.0 Å². The molecule has 3 aromatic rings. The van der Waals surface area contributed by atoms with Gasteiger partial charge in [-0.2, -0.15) is 0 Å². The Kier molecular flexibility index (Phi) is 7.53. The Balaban J connectivity index is 1.43. The lowest BCUT2D eigenvalue weighted by molar-refractivity contribution is -0.146. The second-order valence-electron chi connectivity index (χ2n) is 10.2. The average Bonchev–Trinajstić information content (AvgIpc) is 3.64. The topological polar surface area (TPSA) is 98.2 Å². The molecule has 1 unspecified atom stereocenters. The van der Waals surface area contributed by atoms with E-state index >= 15 is 0 Å². The number of imidazole rings is 1. The van der Waals surface area contributed by atoms with Crippen LogP contribution in [0.4, 0.5) is 0 Å². The predicted molar refractivity (Wildman–Crippen MR) is 139 cm³/mol. The van der Waals surface area contributed by atoms with E-state index in [9.17, 15) is 9.59 Å². The second kappa shape index (κ2) is 11.0. The Hall–Kier alpha value is -2.97. The van der Waals surface area contributed by atoms with Crippen LogP contribution in [0.25, 0.3) is 22.4 Å². The van der Waals surface area contributed by atoms with Gasteiger partial charge in [0.25, 0.3) is 5.56 Å². The molecule has 192 valence electrons.